The lowest BCUT2D eigenvalue weighted by atomic mass is 9.91. The summed E-state index contributed by atoms with van der Waals surface area (Å²) >= 11 is 0. The van der Waals surface area contributed by atoms with E-state index in [1.54, 1.807) is 5.57 Å². The molecule has 0 aliphatic heterocycles. The highest BCUT2D eigenvalue weighted by atomic mass is 14.9. The minimum Gasteiger partial charge on any atom is -0.310 e. The van der Waals surface area contributed by atoms with Gasteiger partial charge in [-0.1, -0.05) is 24.5 Å². The van der Waals surface area contributed by atoms with Crippen LogP contribution in [0.2, 0.25) is 0 Å². The highest BCUT2D eigenvalue weighted by Crippen LogP contribution is 2.28. The first-order valence-electron chi connectivity index (χ1n) is 6.68. The number of rotatable bonds is 3. The molecule has 1 aromatic heterocycles. The quantitative estimate of drug-likeness (QED) is 0.802. The summed E-state index contributed by atoms with van der Waals surface area (Å²) in [6.45, 7) is 0. The van der Waals surface area contributed by atoms with E-state index in [1.165, 1.54) is 44.1 Å². The van der Waals surface area contributed by atoms with E-state index < -0.39 is 0 Å². The Balaban J connectivity index is 2.16. The molecule has 2 heteroatoms. The standard InChI is InChI=1S/C15H22N2/c1-16-15(14-9-11-17-12-10-14)13-7-5-3-2-4-6-8-13/h7,9-12,15-16H,2-6,8H2,1H3/b13-7+. The summed E-state index contributed by atoms with van der Waals surface area (Å²) in [5, 5.41) is 3.44. The fourth-order valence-electron chi connectivity index (χ4n) is 2.60. The molecule has 0 fully saturated rings. The van der Waals surface area contributed by atoms with E-state index in [4.69, 9.17) is 0 Å². The summed E-state index contributed by atoms with van der Waals surface area (Å²) in [4.78, 5) is 4.09. The smallest absolute Gasteiger partial charge is 0.0534 e. The number of aromatic nitrogens is 1. The number of pyridine rings is 1. The average Bonchev–Trinajstić information content (AvgIpc) is 2.34. The Morgan fingerprint density at radius 3 is 2.65 bits per heavy atom. The molecular weight excluding hydrogens is 208 g/mol. The van der Waals surface area contributed by atoms with Gasteiger partial charge in [0.25, 0.3) is 0 Å². The molecule has 0 saturated carbocycles. The minimum atomic E-state index is 0.371. The monoisotopic (exact) mass is 230 g/mol. The third-order valence-electron chi connectivity index (χ3n) is 3.53. The molecular formula is C15H22N2. The predicted octanol–water partition coefficient (Wildman–Crippen LogP) is 3.62. The largest absolute Gasteiger partial charge is 0.310 e. The molecule has 17 heavy (non-hydrogen) atoms. The van der Waals surface area contributed by atoms with E-state index in [-0.39, 0.29) is 0 Å². The van der Waals surface area contributed by atoms with Crippen molar-refractivity contribution >= 4 is 0 Å². The van der Waals surface area contributed by atoms with Crippen LogP contribution in [0.1, 0.15) is 50.1 Å². The molecule has 0 spiro atoms. The van der Waals surface area contributed by atoms with Crippen molar-refractivity contribution in [3.63, 3.8) is 0 Å². The van der Waals surface area contributed by atoms with E-state index in [0.29, 0.717) is 6.04 Å². The molecule has 2 nitrogen and oxygen atoms in total. The van der Waals surface area contributed by atoms with Gasteiger partial charge in [-0.3, -0.25) is 4.98 Å². The Bertz CT molecular complexity index is 356. The van der Waals surface area contributed by atoms with Crippen LogP contribution in [0, 0.1) is 0 Å². The second-order valence-corrected chi connectivity index (χ2v) is 4.73. The van der Waals surface area contributed by atoms with Gasteiger partial charge in [-0.05, 0) is 50.4 Å². The van der Waals surface area contributed by atoms with Crippen molar-refractivity contribution in [1.82, 2.24) is 10.3 Å². The SMILES string of the molecule is CNC(/C1=C/CCCCCC1)c1ccncc1. The van der Waals surface area contributed by atoms with Crippen molar-refractivity contribution in [2.75, 3.05) is 7.05 Å². The van der Waals surface area contributed by atoms with Crippen molar-refractivity contribution in [2.45, 2.75) is 44.6 Å². The van der Waals surface area contributed by atoms with Crippen LogP contribution in [0.3, 0.4) is 0 Å². The zero-order chi connectivity index (χ0) is 11.9. The van der Waals surface area contributed by atoms with Gasteiger partial charge in [0.2, 0.25) is 0 Å². The second-order valence-electron chi connectivity index (χ2n) is 4.73. The lowest BCUT2D eigenvalue weighted by Gasteiger charge is -2.22. The number of likely N-dealkylation sites (N-methyl/N-ethyl adjacent to an activating group) is 1. The Labute approximate surface area is 104 Å². The van der Waals surface area contributed by atoms with Crippen molar-refractivity contribution in [2.24, 2.45) is 0 Å². The van der Waals surface area contributed by atoms with Gasteiger partial charge >= 0.3 is 0 Å². The molecule has 0 radical (unpaired) electrons. The van der Waals surface area contributed by atoms with Crippen LogP contribution in [0.25, 0.3) is 0 Å². The summed E-state index contributed by atoms with van der Waals surface area (Å²) in [5.74, 6) is 0. The summed E-state index contributed by atoms with van der Waals surface area (Å²) in [5.41, 5.74) is 2.88. The molecule has 92 valence electrons. The van der Waals surface area contributed by atoms with Crippen molar-refractivity contribution < 1.29 is 0 Å². The molecule has 1 aromatic rings. The summed E-state index contributed by atoms with van der Waals surface area (Å²) in [7, 11) is 2.05. The molecule has 1 unspecified atom stereocenters. The normalized spacial score (nSPS) is 22.1. The zero-order valence-corrected chi connectivity index (χ0v) is 10.7. The van der Waals surface area contributed by atoms with Crippen LogP contribution in [-0.4, -0.2) is 12.0 Å². The Morgan fingerprint density at radius 2 is 1.88 bits per heavy atom. The van der Waals surface area contributed by atoms with Crippen molar-refractivity contribution in [1.29, 1.82) is 0 Å². The van der Waals surface area contributed by atoms with Gasteiger partial charge in [0.15, 0.2) is 0 Å². The Hall–Kier alpha value is -1.15. The highest BCUT2D eigenvalue weighted by molar-refractivity contribution is 5.26. The maximum absolute atomic E-state index is 4.09. The predicted molar refractivity (Wildman–Crippen MR) is 71.8 cm³/mol. The van der Waals surface area contributed by atoms with Crippen molar-refractivity contribution in [3.8, 4) is 0 Å². The van der Waals surface area contributed by atoms with Crippen LogP contribution in [0.15, 0.2) is 36.2 Å². The minimum absolute atomic E-state index is 0.371. The average molecular weight is 230 g/mol. The van der Waals surface area contributed by atoms with E-state index >= 15 is 0 Å². The van der Waals surface area contributed by atoms with Crippen LogP contribution in [-0.2, 0) is 0 Å². The van der Waals surface area contributed by atoms with Gasteiger partial charge in [-0.2, -0.15) is 0 Å². The third kappa shape index (κ3) is 3.40. The number of nitrogens with one attached hydrogen (secondary N) is 1. The van der Waals surface area contributed by atoms with Crippen LogP contribution >= 0.6 is 0 Å². The maximum atomic E-state index is 4.09. The topological polar surface area (TPSA) is 24.9 Å². The van der Waals surface area contributed by atoms with Gasteiger partial charge in [0.1, 0.15) is 0 Å². The number of nitrogens with zero attached hydrogens (tertiary/aromatic N) is 1. The second kappa shape index (κ2) is 6.55. The van der Waals surface area contributed by atoms with Gasteiger partial charge in [0.05, 0.1) is 6.04 Å². The van der Waals surface area contributed by atoms with E-state index in [1.807, 2.05) is 19.4 Å². The molecule has 0 aromatic carbocycles. The number of hydrogen-bond donors (Lipinski definition) is 1. The van der Waals surface area contributed by atoms with Gasteiger partial charge in [0, 0.05) is 12.4 Å². The van der Waals surface area contributed by atoms with E-state index in [0.717, 1.165) is 0 Å². The molecule has 1 atom stereocenters. The Morgan fingerprint density at radius 1 is 1.12 bits per heavy atom. The molecule has 0 saturated heterocycles. The van der Waals surface area contributed by atoms with Crippen LogP contribution in [0.4, 0.5) is 0 Å². The fourth-order valence-corrected chi connectivity index (χ4v) is 2.60. The Kier molecular flexibility index (Phi) is 4.75. The molecule has 1 aliphatic rings. The summed E-state index contributed by atoms with van der Waals surface area (Å²) < 4.78 is 0. The first-order chi connectivity index (χ1) is 8.42. The molecule has 1 N–H and O–H groups in total. The molecule has 1 heterocycles. The highest BCUT2D eigenvalue weighted by Gasteiger charge is 2.14. The van der Waals surface area contributed by atoms with Crippen LogP contribution in [0.5, 0.6) is 0 Å². The molecule has 0 bridgehead atoms. The molecule has 2 rings (SSSR count). The molecule has 1 aliphatic carbocycles. The van der Waals surface area contributed by atoms with Gasteiger partial charge < -0.3 is 5.32 Å². The van der Waals surface area contributed by atoms with E-state index in [2.05, 4.69) is 28.5 Å². The molecule has 0 amide bonds. The number of allylic oxidation sites excluding steroid dienone is 1. The zero-order valence-electron chi connectivity index (χ0n) is 10.7. The lowest BCUT2D eigenvalue weighted by molar-refractivity contribution is 0.573. The number of hydrogen-bond acceptors (Lipinski definition) is 2. The van der Waals surface area contributed by atoms with Gasteiger partial charge in [-0.25, -0.2) is 0 Å². The fraction of sp³-hybridized carbons (Fsp3) is 0.533. The third-order valence-corrected chi connectivity index (χ3v) is 3.53. The lowest BCUT2D eigenvalue weighted by Crippen LogP contribution is -2.19. The van der Waals surface area contributed by atoms with Gasteiger partial charge in [-0.15, -0.1) is 0 Å². The summed E-state index contributed by atoms with van der Waals surface area (Å²) in [6, 6.07) is 4.60. The first-order valence-corrected chi connectivity index (χ1v) is 6.68. The van der Waals surface area contributed by atoms with Crippen molar-refractivity contribution in [3.05, 3.63) is 41.7 Å². The maximum Gasteiger partial charge on any atom is 0.0534 e. The van der Waals surface area contributed by atoms with Crippen LogP contribution < -0.4 is 5.32 Å². The summed E-state index contributed by atoms with van der Waals surface area (Å²) in [6.07, 6.45) is 14.1. The first kappa shape index (κ1) is 12.3. The van der Waals surface area contributed by atoms with E-state index in [9.17, 15) is 0 Å².